The van der Waals surface area contributed by atoms with Crippen molar-refractivity contribution in [3.05, 3.63) is 89.0 Å². The van der Waals surface area contributed by atoms with Gasteiger partial charge in [0, 0.05) is 31.5 Å². The Kier molecular flexibility index (Phi) is 4.07. The molecule has 0 spiro atoms. The van der Waals surface area contributed by atoms with Crippen LogP contribution in [0.1, 0.15) is 29.2 Å². The smallest absolute Gasteiger partial charge is 0.0949 e. The fourth-order valence-electron chi connectivity index (χ4n) is 2.31. The third kappa shape index (κ3) is 3.45. The first-order valence-corrected chi connectivity index (χ1v) is 7.35. The zero-order valence-electron chi connectivity index (χ0n) is 12.9. The van der Waals surface area contributed by atoms with Crippen molar-refractivity contribution in [1.82, 2.24) is 9.55 Å². The topological polar surface area (TPSA) is 17.8 Å². The third-order valence-electron chi connectivity index (χ3n) is 3.66. The SMILES string of the molecule is Cc1ccc(C#Cc2ccc(Cn3ccnc3)c(C)c2)cc1.[HH]. The van der Waals surface area contributed by atoms with E-state index in [0.29, 0.717) is 0 Å². The molecule has 3 aromatic rings. The van der Waals surface area contributed by atoms with E-state index in [1.54, 1.807) is 6.20 Å². The van der Waals surface area contributed by atoms with Gasteiger partial charge in [-0.2, -0.15) is 0 Å². The molecular formula is C20H20N2. The van der Waals surface area contributed by atoms with E-state index in [1.807, 2.05) is 12.5 Å². The molecule has 0 aliphatic heterocycles. The van der Waals surface area contributed by atoms with Crippen LogP contribution < -0.4 is 0 Å². The van der Waals surface area contributed by atoms with E-state index in [0.717, 1.165) is 17.7 Å². The standard InChI is InChI=1S/C20H18N2.H2/c1-16-3-5-18(6-4-16)7-8-19-9-10-20(17(2)13-19)14-22-12-11-21-15-22;/h3-6,9-13,15H,14H2,1-2H3;1H. The van der Waals surface area contributed by atoms with Crippen molar-refractivity contribution in [2.75, 3.05) is 0 Å². The van der Waals surface area contributed by atoms with Crippen molar-refractivity contribution in [1.29, 1.82) is 0 Å². The first-order valence-electron chi connectivity index (χ1n) is 7.35. The minimum Gasteiger partial charge on any atom is -0.333 e. The number of aromatic nitrogens is 2. The Morgan fingerprint density at radius 1 is 1.00 bits per heavy atom. The van der Waals surface area contributed by atoms with Gasteiger partial charge < -0.3 is 4.57 Å². The van der Waals surface area contributed by atoms with Crippen molar-refractivity contribution < 1.29 is 1.43 Å². The largest absolute Gasteiger partial charge is 0.333 e. The van der Waals surface area contributed by atoms with Gasteiger partial charge in [0.05, 0.1) is 6.33 Å². The molecule has 0 bridgehead atoms. The van der Waals surface area contributed by atoms with E-state index in [1.165, 1.54) is 16.7 Å². The second kappa shape index (κ2) is 6.32. The number of imidazole rings is 1. The lowest BCUT2D eigenvalue weighted by molar-refractivity contribution is 0.792. The van der Waals surface area contributed by atoms with E-state index in [4.69, 9.17) is 0 Å². The average molecular weight is 288 g/mol. The summed E-state index contributed by atoms with van der Waals surface area (Å²) in [6.45, 7) is 5.06. The van der Waals surface area contributed by atoms with E-state index < -0.39 is 0 Å². The quantitative estimate of drug-likeness (QED) is 0.646. The Labute approximate surface area is 132 Å². The lowest BCUT2D eigenvalue weighted by atomic mass is 10.0. The predicted molar refractivity (Wildman–Crippen MR) is 91.8 cm³/mol. The molecule has 2 heteroatoms. The van der Waals surface area contributed by atoms with Crippen LogP contribution in [0, 0.1) is 25.7 Å². The van der Waals surface area contributed by atoms with E-state index >= 15 is 0 Å². The highest BCUT2D eigenvalue weighted by molar-refractivity contribution is 5.45. The monoisotopic (exact) mass is 288 g/mol. The molecule has 0 aliphatic rings. The Morgan fingerprint density at radius 2 is 1.73 bits per heavy atom. The average Bonchev–Trinajstić information content (AvgIpc) is 3.02. The highest BCUT2D eigenvalue weighted by atomic mass is 15.0. The zero-order chi connectivity index (χ0) is 15.4. The maximum absolute atomic E-state index is 4.08. The lowest BCUT2D eigenvalue weighted by Gasteiger charge is -2.07. The van der Waals surface area contributed by atoms with Gasteiger partial charge in [0.15, 0.2) is 0 Å². The summed E-state index contributed by atoms with van der Waals surface area (Å²) in [5.74, 6) is 6.45. The molecular weight excluding hydrogens is 268 g/mol. The first-order chi connectivity index (χ1) is 10.7. The van der Waals surface area contributed by atoms with Crippen molar-refractivity contribution in [2.24, 2.45) is 0 Å². The van der Waals surface area contributed by atoms with Gasteiger partial charge in [-0.15, -0.1) is 0 Å². The summed E-state index contributed by atoms with van der Waals surface area (Å²) in [6, 6.07) is 14.7. The van der Waals surface area contributed by atoms with Crippen LogP contribution in [-0.4, -0.2) is 9.55 Å². The second-order valence-electron chi connectivity index (χ2n) is 5.49. The van der Waals surface area contributed by atoms with Crippen LogP contribution in [0.2, 0.25) is 0 Å². The molecule has 1 aromatic heterocycles. The third-order valence-corrected chi connectivity index (χ3v) is 3.66. The molecule has 2 nitrogen and oxygen atoms in total. The number of nitrogens with zero attached hydrogens (tertiary/aromatic N) is 2. The molecule has 0 radical (unpaired) electrons. The van der Waals surface area contributed by atoms with Crippen molar-refractivity contribution in [3.8, 4) is 11.8 Å². The molecule has 110 valence electrons. The van der Waals surface area contributed by atoms with Gasteiger partial charge in [0.1, 0.15) is 0 Å². The van der Waals surface area contributed by atoms with Gasteiger partial charge in [0.25, 0.3) is 0 Å². The fraction of sp³-hybridized carbons (Fsp3) is 0.150. The molecule has 0 aliphatic carbocycles. The summed E-state index contributed by atoms with van der Waals surface area (Å²) in [4.78, 5) is 4.08. The molecule has 0 atom stereocenters. The molecule has 0 fully saturated rings. The summed E-state index contributed by atoms with van der Waals surface area (Å²) in [6.07, 6.45) is 5.62. The van der Waals surface area contributed by atoms with Gasteiger partial charge in [-0.25, -0.2) is 4.98 Å². The van der Waals surface area contributed by atoms with Gasteiger partial charge in [-0.05, 0) is 49.2 Å². The Hall–Kier alpha value is -2.79. The van der Waals surface area contributed by atoms with Crippen LogP contribution in [0.5, 0.6) is 0 Å². The first kappa shape index (κ1) is 14.2. The summed E-state index contributed by atoms with van der Waals surface area (Å²) in [5.41, 5.74) is 5.90. The maximum Gasteiger partial charge on any atom is 0.0949 e. The molecule has 3 rings (SSSR count). The number of hydrogen-bond acceptors (Lipinski definition) is 1. The highest BCUT2D eigenvalue weighted by Crippen LogP contribution is 2.12. The summed E-state index contributed by atoms with van der Waals surface area (Å²) >= 11 is 0. The molecule has 2 aromatic carbocycles. The predicted octanol–water partition coefficient (Wildman–Crippen LogP) is 4.19. The van der Waals surface area contributed by atoms with Crippen molar-refractivity contribution in [3.63, 3.8) is 0 Å². The van der Waals surface area contributed by atoms with E-state index in [2.05, 4.69) is 77.7 Å². The Balaban J connectivity index is 0.00000192. The van der Waals surface area contributed by atoms with Crippen LogP contribution in [0.15, 0.2) is 61.2 Å². The van der Waals surface area contributed by atoms with E-state index in [-0.39, 0.29) is 1.43 Å². The zero-order valence-corrected chi connectivity index (χ0v) is 12.9. The Bertz CT molecular complexity index is 822. The molecule has 1 heterocycles. The number of rotatable bonds is 2. The van der Waals surface area contributed by atoms with Crippen LogP contribution >= 0.6 is 0 Å². The summed E-state index contributed by atoms with van der Waals surface area (Å²) in [7, 11) is 0. The molecule has 0 amide bonds. The fourth-order valence-corrected chi connectivity index (χ4v) is 2.31. The molecule has 22 heavy (non-hydrogen) atoms. The summed E-state index contributed by atoms with van der Waals surface area (Å²) < 4.78 is 2.07. The van der Waals surface area contributed by atoms with Gasteiger partial charge >= 0.3 is 0 Å². The molecule has 0 saturated heterocycles. The van der Waals surface area contributed by atoms with Crippen LogP contribution in [-0.2, 0) is 6.54 Å². The lowest BCUT2D eigenvalue weighted by Crippen LogP contribution is -1.99. The molecule has 0 N–H and O–H groups in total. The maximum atomic E-state index is 4.08. The van der Waals surface area contributed by atoms with E-state index in [9.17, 15) is 0 Å². The van der Waals surface area contributed by atoms with Crippen molar-refractivity contribution >= 4 is 0 Å². The second-order valence-corrected chi connectivity index (χ2v) is 5.49. The molecule has 0 unspecified atom stereocenters. The van der Waals surface area contributed by atoms with Crippen LogP contribution in [0.3, 0.4) is 0 Å². The van der Waals surface area contributed by atoms with Gasteiger partial charge in [0.2, 0.25) is 0 Å². The van der Waals surface area contributed by atoms with Gasteiger partial charge in [-0.1, -0.05) is 35.6 Å². The van der Waals surface area contributed by atoms with Gasteiger partial charge in [-0.3, -0.25) is 0 Å². The minimum atomic E-state index is 0. The number of benzene rings is 2. The summed E-state index contributed by atoms with van der Waals surface area (Å²) in [5, 5.41) is 0. The highest BCUT2D eigenvalue weighted by Gasteiger charge is 2.00. The van der Waals surface area contributed by atoms with Crippen LogP contribution in [0.25, 0.3) is 0 Å². The Morgan fingerprint density at radius 3 is 2.41 bits per heavy atom. The normalized spacial score (nSPS) is 10.1. The molecule has 0 saturated carbocycles. The number of aryl methyl sites for hydroxylation is 2. The van der Waals surface area contributed by atoms with Crippen LogP contribution in [0.4, 0.5) is 0 Å². The number of hydrogen-bond donors (Lipinski definition) is 0. The minimum absolute atomic E-state index is 0. The van der Waals surface area contributed by atoms with Crippen molar-refractivity contribution in [2.45, 2.75) is 20.4 Å².